The zero-order valence-electron chi connectivity index (χ0n) is 20.8. The average Bonchev–Trinajstić information content (AvgIpc) is 2.89. The summed E-state index contributed by atoms with van der Waals surface area (Å²) in [5, 5.41) is 25.3. The summed E-state index contributed by atoms with van der Waals surface area (Å²) < 4.78 is 0. The highest BCUT2D eigenvalue weighted by molar-refractivity contribution is 7.79. The molecule has 0 saturated heterocycles. The minimum Gasteiger partial charge on any atom is -0.506 e. The largest absolute Gasteiger partial charge is 0.506 e. The third-order valence-corrected chi connectivity index (χ3v) is 8.66. The Kier molecular flexibility index (Phi) is 6.67. The van der Waals surface area contributed by atoms with E-state index in [4.69, 9.17) is 0 Å². The molecule has 3 nitrogen and oxygen atoms in total. The Bertz CT molecular complexity index is 1470. The zero-order chi connectivity index (χ0) is 25.1. The molecule has 0 aliphatic rings. The molecule has 0 aliphatic heterocycles. The van der Waals surface area contributed by atoms with Gasteiger partial charge in [-0.3, -0.25) is 0 Å². The number of phenols is 1. The van der Waals surface area contributed by atoms with Crippen molar-refractivity contribution in [2.75, 3.05) is 0 Å². The van der Waals surface area contributed by atoms with Crippen LogP contribution in [-0.4, -0.2) is 5.11 Å². The van der Waals surface area contributed by atoms with Crippen LogP contribution < -0.4 is 15.9 Å². The summed E-state index contributed by atoms with van der Waals surface area (Å²) in [5.41, 5.74) is 2.57. The molecular weight excluding hydrogens is 459 g/mol. The van der Waals surface area contributed by atoms with Crippen LogP contribution in [0.15, 0.2) is 125 Å². The molecule has 0 saturated carbocycles. The predicted octanol–water partition coefficient (Wildman–Crippen LogP) is 8.02. The number of phenolic OH excluding ortho intramolecular Hbond substituents is 1. The van der Waals surface area contributed by atoms with E-state index in [9.17, 15) is 5.11 Å². The van der Waals surface area contributed by atoms with Gasteiger partial charge in [0.15, 0.2) is 0 Å². The van der Waals surface area contributed by atoms with E-state index in [1.807, 2.05) is 18.2 Å². The van der Waals surface area contributed by atoms with E-state index in [-0.39, 0.29) is 11.2 Å². The first-order chi connectivity index (χ1) is 17.4. The summed E-state index contributed by atoms with van der Waals surface area (Å²) in [6, 6.07) is 39.5. The van der Waals surface area contributed by atoms with Crippen molar-refractivity contribution in [2.24, 2.45) is 10.2 Å². The average molecular weight is 489 g/mol. The summed E-state index contributed by atoms with van der Waals surface area (Å²) in [6.07, 6.45) is 0. The first kappa shape index (κ1) is 23.9. The van der Waals surface area contributed by atoms with Gasteiger partial charge >= 0.3 is 0 Å². The molecule has 0 heterocycles. The molecule has 0 unspecified atom stereocenters. The van der Waals surface area contributed by atoms with Crippen molar-refractivity contribution < 1.29 is 5.11 Å². The first-order valence-corrected chi connectivity index (χ1v) is 13.4. The second-order valence-corrected chi connectivity index (χ2v) is 12.1. The molecular formula is C32H29N2OP. The fourth-order valence-corrected chi connectivity index (χ4v) is 6.60. The molecule has 0 amide bonds. The molecule has 0 atom stereocenters. The summed E-state index contributed by atoms with van der Waals surface area (Å²) >= 11 is 0. The quantitative estimate of drug-likeness (QED) is 0.198. The monoisotopic (exact) mass is 488 g/mol. The van der Waals surface area contributed by atoms with E-state index >= 15 is 0 Å². The SMILES string of the molecule is CC(C)(C)c1ccc(N=Nc2c(O)ccc3cc(P(c4ccccc4)c4ccccc4)ccc23)cc1. The molecule has 5 rings (SSSR count). The summed E-state index contributed by atoms with van der Waals surface area (Å²) in [7, 11) is -0.710. The van der Waals surface area contributed by atoms with Crippen molar-refractivity contribution in [1.82, 2.24) is 0 Å². The molecule has 178 valence electrons. The molecule has 5 aromatic rings. The lowest BCUT2D eigenvalue weighted by Crippen LogP contribution is -2.20. The number of azo groups is 1. The van der Waals surface area contributed by atoms with Gasteiger partial charge in [0.1, 0.15) is 11.4 Å². The number of fused-ring (bicyclic) bond motifs is 1. The number of aromatic hydroxyl groups is 1. The maximum Gasteiger partial charge on any atom is 0.143 e. The minimum atomic E-state index is -0.710. The lowest BCUT2D eigenvalue weighted by molar-refractivity contribution is 0.477. The molecule has 0 fully saturated rings. The van der Waals surface area contributed by atoms with E-state index in [2.05, 4.69) is 122 Å². The molecule has 4 heteroatoms. The molecule has 36 heavy (non-hydrogen) atoms. The van der Waals surface area contributed by atoms with Gasteiger partial charge in [-0.2, -0.15) is 5.11 Å². The summed E-state index contributed by atoms with van der Waals surface area (Å²) in [4.78, 5) is 0. The standard InChI is InChI=1S/C32H29N2OP/c1-32(2,3)24-15-17-25(18-16-24)33-34-31-29-20-19-28(22-23(29)14-21-30(31)35)36(26-10-6-4-7-11-26)27-12-8-5-9-13-27/h4-22,35H,1-3H3. The van der Waals surface area contributed by atoms with Crippen LogP contribution in [0.4, 0.5) is 11.4 Å². The van der Waals surface area contributed by atoms with Crippen LogP contribution in [0.1, 0.15) is 26.3 Å². The summed E-state index contributed by atoms with van der Waals surface area (Å²) in [5.74, 6) is 0.124. The molecule has 0 aromatic heterocycles. The minimum absolute atomic E-state index is 0.0835. The number of hydrogen-bond donors (Lipinski definition) is 1. The van der Waals surface area contributed by atoms with Crippen molar-refractivity contribution in [2.45, 2.75) is 26.2 Å². The smallest absolute Gasteiger partial charge is 0.143 e. The molecule has 1 N–H and O–H groups in total. The lowest BCUT2D eigenvalue weighted by Gasteiger charge is -2.20. The van der Waals surface area contributed by atoms with Gasteiger partial charge in [-0.05, 0) is 64.5 Å². The van der Waals surface area contributed by atoms with Crippen LogP contribution in [0.3, 0.4) is 0 Å². The fraction of sp³-hybridized carbons (Fsp3) is 0.125. The number of nitrogens with zero attached hydrogens (tertiary/aromatic N) is 2. The zero-order valence-corrected chi connectivity index (χ0v) is 21.7. The van der Waals surface area contributed by atoms with Crippen molar-refractivity contribution in [1.29, 1.82) is 0 Å². The van der Waals surface area contributed by atoms with E-state index < -0.39 is 7.92 Å². The van der Waals surface area contributed by atoms with Crippen molar-refractivity contribution in [3.63, 3.8) is 0 Å². The number of rotatable bonds is 5. The molecule has 0 bridgehead atoms. The normalized spacial score (nSPS) is 12.0. The second-order valence-electron chi connectivity index (χ2n) is 9.84. The van der Waals surface area contributed by atoms with E-state index in [0.29, 0.717) is 5.69 Å². The molecule has 0 spiro atoms. The van der Waals surface area contributed by atoms with Crippen LogP contribution in [0.5, 0.6) is 5.75 Å². The van der Waals surface area contributed by atoms with Crippen LogP contribution in [-0.2, 0) is 5.41 Å². The molecule has 5 aromatic carbocycles. The third-order valence-electron chi connectivity index (χ3n) is 6.24. The van der Waals surface area contributed by atoms with Gasteiger partial charge in [0.05, 0.1) is 5.69 Å². The fourth-order valence-electron chi connectivity index (χ4n) is 4.27. The van der Waals surface area contributed by atoms with Crippen LogP contribution in [0.25, 0.3) is 10.8 Å². The van der Waals surface area contributed by atoms with Gasteiger partial charge in [-0.15, -0.1) is 5.11 Å². The summed E-state index contributed by atoms with van der Waals surface area (Å²) in [6.45, 7) is 6.56. The van der Waals surface area contributed by atoms with Gasteiger partial charge in [-0.25, -0.2) is 0 Å². The van der Waals surface area contributed by atoms with Gasteiger partial charge in [0, 0.05) is 5.39 Å². The third kappa shape index (κ3) is 5.08. The lowest BCUT2D eigenvalue weighted by atomic mass is 9.87. The van der Waals surface area contributed by atoms with Gasteiger partial charge < -0.3 is 5.11 Å². The second kappa shape index (κ2) is 10.0. The first-order valence-electron chi connectivity index (χ1n) is 12.1. The highest BCUT2D eigenvalue weighted by atomic mass is 31.1. The van der Waals surface area contributed by atoms with Gasteiger partial charge in [-0.1, -0.05) is 112 Å². The van der Waals surface area contributed by atoms with E-state index in [1.54, 1.807) is 6.07 Å². The Labute approximate surface area is 213 Å². The molecule has 0 aliphatic carbocycles. The van der Waals surface area contributed by atoms with Crippen molar-refractivity contribution >= 4 is 46.0 Å². The van der Waals surface area contributed by atoms with Crippen LogP contribution in [0.2, 0.25) is 0 Å². The maximum absolute atomic E-state index is 10.6. The Hall–Kier alpha value is -3.81. The Balaban J connectivity index is 1.54. The van der Waals surface area contributed by atoms with E-state index in [0.717, 1.165) is 16.5 Å². The van der Waals surface area contributed by atoms with Crippen LogP contribution in [0, 0.1) is 0 Å². The Morgan fingerprint density at radius 3 is 1.81 bits per heavy atom. The van der Waals surface area contributed by atoms with Gasteiger partial charge in [0.25, 0.3) is 0 Å². The van der Waals surface area contributed by atoms with Gasteiger partial charge in [0.2, 0.25) is 0 Å². The van der Waals surface area contributed by atoms with Crippen LogP contribution >= 0.6 is 7.92 Å². The topological polar surface area (TPSA) is 45.0 Å². The highest BCUT2D eigenvalue weighted by Gasteiger charge is 2.18. The highest BCUT2D eigenvalue weighted by Crippen LogP contribution is 2.39. The molecule has 0 radical (unpaired) electrons. The van der Waals surface area contributed by atoms with E-state index in [1.165, 1.54) is 21.5 Å². The Morgan fingerprint density at radius 1 is 0.611 bits per heavy atom. The predicted molar refractivity (Wildman–Crippen MR) is 154 cm³/mol. The number of benzene rings is 5. The van der Waals surface area contributed by atoms with Crippen molar-refractivity contribution in [3.8, 4) is 5.75 Å². The number of hydrogen-bond acceptors (Lipinski definition) is 3. The maximum atomic E-state index is 10.6. The Morgan fingerprint density at radius 2 is 1.22 bits per heavy atom. The van der Waals surface area contributed by atoms with Crippen molar-refractivity contribution in [3.05, 3.63) is 121 Å².